The summed E-state index contributed by atoms with van der Waals surface area (Å²) in [5.41, 5.74) is 1.95. The van der Waals surface area contributed by atoms with Crippen LogP contribution in [0.1, 0.15) is 61.5 Å². The lowest BCUT2D eigenvalue weighted by molar-refractivity contribution is 0.0195. The maximum atomic E-state index is 11.6. The van der Waals surface area contributed by atoms with Gasteiger partial charge in [0, 0.05) is 37.8 Å². The Hall–Kier alpha value is -2.91. The second-order valence-corrected chi connectivity index (χ2v) is 10.2. The quantitative estimate of drug-likeness (QED) is 0.413. The molecule has 1 heterocycles. The molecule has 3 aromatic rings. The Labute approximate surface area is 222 Å². The van der Waals surface area contributed by atoms with Gasteiger partial charge in [-0.25, -0.2) is 4.79 Å². The van der Waals surface area contributed by atoms with E-state index < -0.39 is 0 Å². The normalized spacial score (nSPS) is 20.8. The van der Waals surface area contributed by atoms with Crippen molar-refractivity contribution in [2.24, 2.45) is 5.92 Å². The van der Waals surface area contributed by atoms with Crippen molar-refractivity contribution in [3.63, 3.8) is 0 Å². The van der Waals surface area contributed by atoms with Crippen LogP contribution in [0.5, 0.6) is 0 Å². The van der Waals surface area contributed by atoms with Gasteiger partial charge in [0.05, 0.1) is 18.8 Å². The first kappa shape index (κ1) is 27.1. The molecule has 3 unspecified atom stereocenters. The van der Waals surface area contributed by atoms with Gasteiger partial charge in [0.25, 0.3) is 0 Å². The molecule has 0 bridgehead atoms. The summed E-state index contributed by atoms with van der Waals surface area (Å²) in [5.74, 6) is 0.574. The van der Waals surface area contributed by atoms with Crippen molar-refractivity contribution in [2.45, 2.75) is 51.6 Å². The lowest BCUT2D eigenvalue weighted by Crippen LogP contribution is -2.38. The fraction of sp³-hybridized carbons (Fsp3) is 0.469. The highest BCUT2D eigenvalue weighted by molar-refractivity contribution is 5.89. The minimum atomic E-state index is -0.302. The number of nitrogens with zero attached hydrogens (tertiary/aromatic N) is 1. The number of rotatable bonds is 7. The van der Waals surface area contributed by atoms with Gasteiger partial charge >= 0.3 is 5.97 Å². The summed E-state index contributed by atoms with van der Waals surface area (Å²) in [6, 6.07) is 26.8. The van der Waals surface area contributed by atoms with Gasteiger partial charge in [0.2, 0.25) is 0 Å². The number of fused-ring (bicyclic) bond motifs is 1. The molecule has 0 amide bonds. The maximum Gasteiger partial charge on any atom is 0.338 e. The molecule has 37 heavy (non-hydrogen) atoms. The summed E-state index contributed by atoms with van der Waals surface area (Å²) < 4.78 is 10.4. The Bertz CT molecular complexity index is 1090. The molecule has 5 nitrogen and oxygen atoms in total. The molecule has 3 aromatic carbocycles. The van der Waals surface area contributed by atoms with E-state index in [2.05, 4.69) is 78.7 Å². The van der Waals surface area contributed by atoms with Crippen LogP contribution in [0.4, 0.5) is 0 Å². The third-order valence-corrected chi connectivity index (χ3v) is 7.35. The molecular formula is C32H40N2O3. The van der Waals surface area contributed by atoms with Crippen LogP contribution >= 0.6 is 0 Å². The summed E-state index contributed by atoms with van der Waals surface area (Å²) in [4.78, 5) is 13.8. The molecule has 1 saturated carbocycles. The highest BCUT2D eigenvalue weighted by atomic mass is 16.5. The van der Waals surface area contributed by atoms with Crippen LogP contribution in [0, 0.1) is 18.1 Å². The van der Waals surface area contributed by atoms with Gasteiger partial charge < -0.3 is 14.8 Å². The predicted molar refractivity (Wildman–Crippen MR) is 149 cm³/mol. The summed E-state index contributed by atoms with van der Waals surface area (Å²) in [7, 11) is 0. The smallest absolute Gasteiger partial charge is 0.338 e. The van der Waals surface area contributed by atoms with Crippen molar-refractivity contribution in [3.8, 4) is 0 Å². The zero-order valence-electron chi connectivity index (χ0n) is 22.2. The fourth-order valence-electron chi connectivity index (χ4n) is 5.31. The highest BCUT2D eigenvalue weighted by Gasteiger charge is 2.21. The van der Waals surface area contributed by atoms with E-state index in [4.69, 9.17) is 9.47 Å². The van der Waals surface area contributed by atoms with Crippen LogP contribution < -0.4 is 5.32 Å². The first-order valence-electron chi connectivity index (χ1n) is 13.7. The molecule has 196 valence electrons. The summed E-state index contributed by atoms with van der Waals surface area (Å²) in [5, 5.41) is 6.59. The number of hydrogen-bond donors (Lipinski definition) is 1. The zero-order valence-corrected chi connectivity index (χ0v) is 22.2. The number of nitrogens with one attached hydrogen (secondary N) is 1. The molecule has 1 aliphatic heterocycles. The Balaban J connectivity index is 0.000000176. The summed E-state index contributed by atoms with van der Waals surface area (Å²) in [6.45, 7) is 9.21. The zero-order chi connectivity index (χ0) is 25.9. The van der Waals surface area contributed by atoms with Gasteiger partial charge in [-0.2, -0.15) is 0 Å². The number of morpholine rings is 1. The van der Waals surface area contributed by atoms with Crippen molar-refractivity contribution in [3.05, 3.63) is 83.9 Å². The van der Waals surface area contributed by atoms with E-state index in [1.165, 1.54) is 42.0 Å². The average Bonchev–Trinajstić information content (AvgIpc) is 2.94. The highest BCUT2D eigenvalue weighted by Crippen LogP contribution is 2.28. The number of carbonyl (C=O) groups excluding carboxylic acids is 1. The first-order chi connectivity index (χ1) is 18.1. The van der Waals surface area contributed by atoms with Crippen LogP contribution in [-0.4, -0.2) is 56.4 Å². The molecular weight excluding hydrogens is 460 g/mol. The molecule has 5 rings (SSSR count). The van der Waals surface area contributed by atoms with E-state index in [9.17, 15) is 4.79 Å². The van der Waals surface area contributed by atoms with Crippen LogP contribution in [0.3, 0.4) is 0 Å². The van der Waals surface area contributed by atoms with Crippen molar-refractivity contribution in [2.75, 3.05) is 39.5 Å². The molecule has 1 aliphatic carbocycles. The minimum Gasteiger partial charge on any atom is -0.461 e. The topological polar surface area (TPSA) is 50.8 Å². The SMILES string of the molecule is CC1CCCC(NC(C)c2cccc3ccccc23)C1.O=C(OCCN1CCOCC1)c1cc#ccc1. The van der Waals surface area contributed by atoms with E-state index in [1.807, 2.05) is 0 Å². The Kier molecular flexibility index (Phi) is 10.4. The second-order valence-electron chi connectivity index (χ2n) is 10.2. The summed E-state index contributed by atoms with van der Waals surface area (Å²) >= 11 is 0. The fourth-order valence-corrected chi connectivity index (χ4v) is 5.31. The van der Waals surface area contributed by atoms with E-state index in [-0.39, 0.29) is 5.97 Å². The monoisotopic (exact) mass is 500 g/mol. The van der Waals surface area contributed by atoms with Gasteiger partial charge in [0.1, 0.15) is 6.61 Å². The van der Waals surface area contributed by atoms with Gasteiger partial charge in [0.15, 0.2) is 0 Å². The maximum absolute atomic E-state index is 11.6. The second kappa shape index (κ2) is 14.1. The van der Waals surface area contributed by atoms with Gasteiger partial charge in [-0.3, -0.25) is 4.90 Å². The molecule has 1 N–H and O–H groups in total. The molecule has 0 spiro atoms. The molecule has 0 radical (unpaired) electrons. The van der Waals surface area contributed by atoms with Crippen LogP contribution in [0.25, 0.3) is 10.8 Å². The molecule has 0 aromatic heterocycles. The Morgan fingerprint density at radius 2 is 1.92 bits per heavy atom. The Morgan fingerprint density at radius 1 is 1.11 bits per heavy atom. The standard InChI is InChI=1S/C19H25N.C13H15NO3/c1-14-7-5-10-17(13-14)20-15(2)18-12-6-9-16-8-3-4-11-19(16)18;15-13(12-4-2-1-3-5-12)17-11-8-14-6-9-16-10-7-14/h3-4,6,8-9,11-12,14-15,17,20H,5,7,10,13H2,1-2H3;2,4-5H,6-11H2. The van der Waals surface area contributed by atoms with Gasteiger partial charge in [-0.05, 0) is 54.2 Å². The number of benzene rings is 2. The third kappa shape index (κ3) is 8.30. The van der Waals surface area contributed by atoms with Crippen molar-refractivity contribution in [1.29, 1.82) is 0 Å². The van der Waals surface area contributed by atoms with Crippen molar-refractivity contribution >= 4 is 16.7 Å². The molecule has 5 heteroatoms. The molecule has 1 saturated heterocycles. The van der Waals surface area contributed by atoms with E-state index in [0.29, 0.717) is 24.3 Å². The van der Waals surface area contributed by atoms with Crippen LogP contribution in [0.2, 0.25) is 0 Å². The van der Waals surface area contributed by atoms with Gasteiger partial charge in [-0.15, -0.1) is 0 Å². The van der Waals surface area contributed by atoms with E-state index in [0.717, 1.165) is 38.8 Å². The van der Waals surface area contributed by atoms with E-state index in [1.54, 1.807) is 18.2 Å². The molecule has 2 fully saturated rings. The Morgan fingerprint density at radius 3 is 2.70 bits per heavy atom. The number of esters is 1. The number of carbonyl (C=O) groups is 1. The lowest BCUT2D eigenvalue weighted by Gasteiger charge is -2.30. The number of ether oxygens (including phenoxy) is 2. The van der Waals surface area contributed by atoms with Crippen molar-refractivity contribution < 1.29 is 14.3 Å². The number of hydrogen-bond acceptors (Lipinski definition) is 5. The summed E-state index contributed by atoms with van der Waals surface area (Å²) in [6.07, 6.45) is 5.44. The van der Waals surface area contributed by atoms with E-state index >= 15 is 0 Å². The molecule has 3 atom stereocenters. The van der Waals surface area contributed by atoms with Crippen molar-refractivity contribution in [1.82, 2.24) is 10.2 Å². The largest absolute Gasteiger partial charge is 0.461 e. The third-order valence-electron chi connectivity index (χ3n) is 7.35. The average molecular weight is 501 g/mol. The minimum absolute atomic E-state index is 0.302. The van der Waals surface area contributed by atoms with Gasteiger partial charge in [-0.1, -0.05) is 74.4 Å². The predicted octanol–water partition coefficient (Wildman–Crippen LogP) is 5.85. The molecule has 2 aliphatic rings. The van der Waals surface area contributed by atoms with Crippen LogP contribution in [-0.2, 0) is 9.47 Å². The first-order valence-corrected chi connectivity index (χ1v) is 13.7. The lowest BCUT2D eigenvalue weighted by atomic mass is 9.86. The van der Waals surface area contributed by atoms with Crippen LogP contribution in [0.15, 0.2) is 60.7 Å².